The van der Waals surface area contributed by atoms with Gasteiger partial charge in [-0.25, -0.2) is 0 Å². The number of halogens is 1. The zero-order valence-corrected chi connectivity index (χ0v) is 11.6. The second-order valence-corrected chi connectivity index (χ2v) is 4.76. The molecule has 3 aromatic rings. The van der Waals surface area contributed by atoms with Crippen LogP contribution in [0.2, 0.25) is 0 Å². The summed E-state index contributed by atoms with van der Waals surface area (Å²) in [5.74, 6) is 0.501. The van der Waals surface area contributed by atoms with Crippen LogP contribution in [0.25, 0.3) is 22.3 Å². The molecular formula is C17H13ClN2. The van der Waals surface area contributed by atoms with E-state index < -0.39 is 0 Å². The van der Waals surface area contributed by atoms with Crippen molar-refractivity contribution in [3.8, 4) is 22.3 Å². The third-order valence-corrected chi connectivity index (χ3v) is 3.49. The molecule has 0 saturated heterocycles. The smallest absolute Gasteiger partial charge is 0.0474 e. The number of alkyl halides is 1. The van der Waals surface area contributed by atoms with Crippen LogP contribution in [0.1, 0.15) is 5.56 Å². The summed E-state index contributed by atoms with van der Waals surface area (Å²) in [5.41, 5.74) is 5.54. The van der Waals surface area contributed by atoms with Crippen molar-refractivity contribution in [2.45, 2.75) is 5.88 Å². The predicted molar refractivity (Wildman–Crippen MR) is 82.5 cm³/mol. The van der Waals surface area contributed by atoms with Gasteiger partial charge in [-0.15, -0.1) is 11.6 Å². The van der Waals surface area contributed by atoms with E-state index in [1.54, 1.807) is 12.4 Å². The fraction of sp³-hybridized carbons (Fsp3) is 0.0588. The van der Waals surface area contributed by atoms with E-state index in [1.165, 1.54) is 0 Å². The van der Waals surface area contributed by atoms with Crippen molar-refractivity contribution >= 4 is 11.6 Å². The van der Waals surface area contributed by atoms with E-state index in [0.717, 1.165) is 27.8 Å². The average molecular weight is 281 g/mol. The van der Waals surface area contributed by atoms with Crippen LogP contribution in [0, 0.1) is 0 Å². The molecule has 0 bridgehead atoms. The molecule has 20 heavy (non-hydrogen) atoms. The maximum Gasteiger partial charge on any atom is 0.0474 e. The molecule has 0 spiro atoms. The van der Waals surface area contributed by atoms with Crippen molar-refractivity contribution in [3.63, 3.8) is 0 Å². The average Bonchev–Trinajstić information content (AvgIpc) is 2.56. The van der Waals surface area contributed by atoms with Crippen molar-refractivity contribution in [1.82, 2.24) is 9.97 Å². The lowest BCUT2D eigenvalue weighted by atomic mass is 9.95. The molecule has 2 heterocycles. The standard InChI is InChI=1S/C17H13ClN2/c18-10-13-5-6-16(14-3-1-7-19-11-14)17(9-13)15-4-2-8-20-12-15/h1-9,11-12H,10H2. The van der Waals surface area contributed by atoms with Gasteiger partial charge < -0.3 is 0 Å². The topological polar surface area (TPSA) is 25.8 Å². The van der Waals surface area contributed by atoms with Crippen molar-refractivity contribution < 1.29 is 0 Å². The number of benzene rings is 1. The number of rotatable bonds is 3. The SMILES string of the molecule is ClCc1ccc(-c2cccnc2)c(-c2cccnc2)c1. The lowest BCUT2D eigenvalue weighted by Gasteiger charge is -2.11. The van der Waals surface area contributed by atoms with Crippen LogP contribution in [0.4, 0.5) is 0 Å². The van der Waals surface area contributed by atoms with E-state index in [9.17, 15) is 0 Å². The molecule has 2 nitrogen and oxygen atoms in total. The number of aromatic nitrogens is 2. The van der Waals surface area contributed by atoms with E-state index in [-0.39, 0.29) is 0 Å². The monoisotopic (exact) mass is 280 g/mol. The van der Waals surface area contributed by atoms with Crippen LogP contribution < -0.4 is 0 Å². The molecule has 3 rings (SSSR count). The Balaban J connectivity index is 2.20. The Labute approximate surface area is 123 Å². The Hall–Kier alpha value is -2.19. The second-order valence-electron chi connectivity index (χ2n) is 4.50. The fourth-order valence-electron chi connectivity index (χ4n) is 2.21. The van der Waals surface area contributed by atoms with Crippen LogP contribution in [0.5, 0.6) is 0 Å². The molecule has 0 aliphatic rings. The highest BCUT2D eigenvalue weighted by atomic mass is 35.5. The van der Waals surface area contributed by atoms with Gasteiger partial charge >= 0.3 is 0 Å². The van der Waals surface area contributed by atoms with Crippen LogP contribution in [-0.4, -0.2) is 9.97 Å². The Morgan fingerprint density at radius 1 is 0.800 bits per heavy atom. The summed E-state index contributed by atoms with van der Waals surface area (Å²) in [4.78, 5) is 8.40. The Morgan fingerprint density at radius 2 is 1.45 bits per heavy atom. The van der Waals surface area contributed by atoms with Gasteiger partial charge in [0.15, 0.2) is 0 Å². The van der Waals surface area contributed by atoms with Gasteiger partial charge in [-0.1, -0.05) is 24.3 Å². The summed E-state index contributed by atoms with van der Waals surface area (Å²) in [7, 11) is 0. The molecular weight excluding hydrogens is 268 g/mol. The fourth-order valence-corrected chi connectivity index (χ4v) is 2.38. The van der Waals surface area contributed by atoms with Gasteiger partial charge in [0.1, 0.15) is 0 Å². The molecule has 0 fully saturated rings. The van der Waals surface area contributed by atoms with E-state index in [0.29, 0.717) is 5.88 Å². The highest BCUT2D eigenvalue weighted by Gasteiger charge is 2.08. The number of nitrogens with zero attached hydrogens (tertiary/aromatic N) is 2. The highest BCUT2D eigenvalue weighted by Crippen LogP contribution is 2.32. The maximum atomic E-state index is 5.96. The largest absolute Gasteiger partial charge is 0.264 e. The first-order valence-corrected chi connectivity index (χ1v) is 6.91. The summed E-state index contributed by atoms with van der Waals surface area (Å²) in [6.07, 6.45) is 7.29. The summed E-state index contributed by atoms with van der Waals surface area (Å²) >= 11 is 5.96. The van der Waals surface area contributed by atoms with Gasteiger partial charge in [0.2, 0.25) is 0 Å². The zero-order valence-electron chi connectivity index (χ0n) is 10.8. The quantitative estimate of drug-likeness (QED) is 0.658. The van der Waals surface area contributed by atoms with Crippen molar-refractivity contribution in [2.24, 2.45) is 0 Å². The van der Waals surface area contributed by atoms with Crippen LogP contribution in [-0.2, 0) is 5.88 Å². The van der Waals surface area contributed by atoms with Crippen molar-refractivity contribution in [3.05, 3.63) is 72.8 Å². The molecule has 2 aromatic heterocycles. The lowest BCUT2D eigenvalue weighted by molar-refractivity contribution is 1.31. The van der Waals surface area contributed by atoms with Crippen LogP contribution in [0.3, 0.4) is 0 Å². The number of pyridine rings is 2. The normalized spacial score (nSPS) is 10.4. The molecule has 98 valence electrons. The molecule has 3 heteroatoms. The summed E-state index contributed by atoms with van der Waals surface area (Å²) in [6, 6.07) is 14.3. The third kappa shape index (κ3) is 2.56. The maximum absolute atomic E-state index is 5.96. The van der Waals surface area contributed by atoms with Crippen molar-refractivity contribution in [2.75, 3.05) is 0 Å². The van der Waals surface area contributed by atoms with E-state index in [1.807, 2.05) is 24.5 Å². The second kappa shape index (κ2) is 5.85. The van der Waals surface area contributed by atoms with E-state index in [4.69, 9.17) is 11.6 Å². The van der Waals surface area contributed by atoms with Gasteiger partial charge in [-0.05, 0) is 34.9 Å². The first-order valence-electron chi connectivity index (χ1n) is 6.38. The van der Waals surface area contributed by atoms with Gasteiger partial charge in [-0.2, -0.15) is 0 Å². The first kappa shape index (κ1) is 12.8. The molecule has 0 radical (unpaired) electrons. The zero-order chi connectivity index (χ0) is 13.8. The Kier molecular flexibility index (Phi) is 3.75. The first-order chi connectivity index (χ1) is 9.88. The van der Waals surface area contributed by atoms with Crippen LogP contribution in [0.15, 0.2) is 67.3 Å². The van der Waals surface area contributed by atoms with E-state index >= 15 is 0 Å². The van der Waals surface area contributed by atoms with Gasteiger partial charge in [-0.3, -0.25) is 9.97 Å². The summed E-state index contributed by atoms with van der Waals surface area (Å²) in [6.45, 7) is 0. The van der Waals surface area contributed by atoms with Crippen molar-refractivity contribution in [1.29, 1.82) is 0 Å². The number of hydrogen-bond acceptors (Lipinski definition) is 2. The molecule has 0 atom stereocenters. The summed E-state index contributed by atoms with van der Waals surface area (Å²) in [5, 5.41) is 0. The molecule has 0 unspecified atom stereocenters. The minimum Gasteiger partial charge on any atom is -0.264 e. The minimum absolute atomic E-state index is 0.501. The predicted octanol–water partition coefficient (Wildman–Crippen LogP) is 4.55. The lowest BCUT2D eigenvalue weighted by Crippen LogP contribution is -1.89. The Bertz CT molecular complexity index is 697. The molecule has 0 aliphatic carbocycles. The number of hydrogen-bond donors (Lipinski definition) is 0. The molecule has 0 N–H and O–H groups in total. The molecule has 0 amide bonds. The molecule has 0 saturated carbocycles. The Morgan fingerprint density at radius 3 is 2.00 bits per heavy atom. The molecule has 0 aliphatic heterocycles. The minimum atomic E-state index is 0.501. The third-order valence-electron chi connectivity index (χ3n) is 3.18. The van der Waals surface area contributed by atoms with Crippen LogP contribution >= 0.6 is 11.6 Å². The molecule has 1 aromatic carbocycles. The van der Waals surface area contributed by atoms with Gasteiger partial charge in [0, 0.05) is 41.8 Å². The summed E-state index contributed by atoms with van der Waals surface area (Å²) < 4.78 is 0. The highest BCUT2D eigenvalue weighted by molar-refractivity contribution is 6.17. The van der Waals surface area contributed by atoms with Gasteiger partial charge in [0.05, 0.1) is 0 Å². The van der Waals surface area contributed by atoms with E-state index in [2.05, 4.69) is 40.3 Å². The van der Waals surface area contributed by atoms with Gasteiger partial charge in [0.25, 0.3) is 0 Å².